The molecule has 27 heavy (non-hydrogen) atoms. The van der Waals surface area contributed by atoms with Crippen molar-refractivity contribution in [3.8, 4) is 11.7 Å². The van der Waals surface area contributed by atoms with Crippen LogP contribution in [0, 0.1) is 19.7 Å². The largest absolute Gasteiger partial charge is 0.478 e. The number of hydrogen-bond donors (Lipinski definition) is 1. The molecule has 6 nitrogen and oxygen atoms in total. The second-order valence-corrected chi connectivity index (χ2v) is 5.35. The number of aromatic carboxylic acids is 1. The van der Waals surface area contributed by atoms with Gasteiger partial charge in [0.05, 0.1) is 5.56 Å². The summed E-state index contributed by atoms with van der Waals surface area (Å²) in [6, 6.07) is 0.293. The van der Waals surface area contributed by atoms with Crippen LogP contribution in [0.15, 0.2) is 12.1 Å². The Bertz CT molecular complexity index is 880. The second-order valence-electron chi connectivity index (χ2n) is 5.35. The summed E-state index contributed by atoms with van der Waals surface area (Å²) in [5.74, 6) is -2.76. The van der Waals surface area contributed by atoms with Crippen LogP contribution >= 0.6 is 0 Å². The Morgan fingerprint density at radius 1 is 1.22 bits per heavy atom. The van der Waals surface area contributed by atoms with Crippen molar-refractivity contribution in [1.82, 2.24) is 14.8 Å². The van der Waals surface area contributed by atoms with E-state index in [1.54, 1.807) is 0 Å². The van der Waals surface area contributed by atoms with Gasteiger partial charge in [-0.3, -0.25) is 0 Å². The van der Waals surface area contributed by atoms with Gasteiger partial charge in [0, 0.05) is 0 Å². The number of halogens is 7. The van der Waals surface area contributed by atoms with E-state index in [9.17, 15) is 35.5 Å². The molecule has 1 heterocycles. The number of nitrogens with zero attached hydrogens (tertiary/aromatic N) is 3. The molecular formula is C14H10F7N3O3. The van der Waals surface area contributed by atoms with Gasteiger partial charge in [-0.2, -0.15) is 26.9 Å². The Morgan fingerprint density at radius 2 is 1.81 bits per heavy atom. The predicted molar refractivity (Wildman–Crippen MR) is 74.3 cm³/mol. The van der Waals surface area contributed by atoms with Gasteiger partial charge in [-0.1, -0.05) is 0 Å². The summed E-state index contributed by atoms with van der Waals surface area (Å²) in [5.41, 5.74) is -0.821. The summed E-state index contributed by atoms with van der Waals surface area (Å²) in [6.45, 7) is 2.41. The third-order valence-corrected chi connectivity index (χ3v) is 3.31. The summed E-state index contributed by atoms with van der Waals surface area (Å²) in [7, 11) is 0. The molecule has 0 spiro atoms. The van der Waals surface area contributed by atoms with Crippen LogP contribution in [0.5, 0.6) is 6.01 Å². The molecule has 1 aromatic carbocycles. The zero-order valence-corrected chi connectivity index (χ0v) is 13.5. The number of carboxylic acid groups (broad SMARTS) is 1. The van der Waals surface area contributed by atoms with E-state index in [1.165, 1.54) is 6.92 Å². The normalized spacial score (nSPS) is 13.5. The number of carboxylic acids is 1. The lowest BCUT2D eigenvalue weighted by Gasteiger charge is -2.21. The molecule has 13 heteroatoms. The van der Waals surface area contributed by atoms with E-state index in [-0.39, 0.29) is 17.0 Å². The lowest BCUT2D eigenvalue weighted by molar-refractivity contribution is -0.306. The van der Waals surface area contributed by atoms with Crippen molar-refractivity contribution in [2.75, 3.05) is 0 Å². The molecule has 0 aliphatic rings. The van der Waals surface area contributed by atoms with E-state index in [2.05, 4.69) is 14.8 Å². The maximum atomic E-state index is 14.1. The van der Waals surface area contributed by atoms with Crippen LogP contribution in [0.4, 0.5) is 30.7 Å². The fraction of sp³-hybridized carbons (Fsp3) is 0.357. The summed E-state index contributed by atoms with van der Waals surface area (Å²) in [4.78, 5) is 14.4. The zero-order valence-electron chi connectivity index (χ0n) is 13.5. The highest BCUT2D eigenvalue weighted by molar-refractivity contribution is 5.90. The van der Waals surface area contributed by atoms with Gasteiger partial charge in [0.1, 0.15) is 17.3 Å². The quantitative estimate of drug-likeness (QED) is 0.775. The van der Waals surface area contributed by atoms with Gasteiger partial charge in [0.15, 0.2) is 0 Å². The highest BCUT2D eigenvalue weighted by Crippen LogP contribution is 2.36. The van der Waals surface area contributed by atoms with Crippen molar-refractivity contribution in [1.29, 1.82) is 0 Å². The van der Waals surface area contributed by atoms with Gasteiger partial charge in [-0.15, -0.1) is 5.10 Å². The average molecular weight is 401 g/mol. The van der Waals surface area contributed by atoms with Crippen molar-refractivity contribution in [2.45, 2.75) is 32.3 Å². The molecule has 1 aromatic heterocycles. The molecule has 0 bridgehead atoms. The van der Waals surface area contributed by atoms with Crippen molar-refractivity contribution >= 4 is 5.97 Å². The first-order valence-electron chi connectivity index (χ1n) is 6.99. The predicted octanol–water partition coefficient (Wildman–Crippen LogP) is 3.59. The molecule has 2 rings (SSSR count). The third kappa shape index (κ3) is 4.11. The molecule has 0 aliphatic carbocycles. The Morgan fingerprint density at radius 3 is 2.33 bits per heavy atom. The van der Waals surface area contributed by atoms with Crippen LogP contribution in [0.3, 0.4) is 0 Å². The molecule has 0 fully saturated rings. The standard InChI is InChI=1S/C14H10F7N3O3/c1-5-3-8(15)9(4-7(5)10(25)26)24-6(2)22-12(23-24)27-14(20,21)11(16)13(17,18)19/h3-4,11H,1-2H3,(H,25,26). The van der Waals surface area contributed by atoms with E-state index in [4.69, 9.17) is 5.11 Å². The van der Waals surface area contributed by atoms with Crippen LogP contribution in [0.25, 0.3) is 5.69 Å². The monoisotopic (exact) mass is 401 g/mol. The van der Waals surface area contributed by atoms with Crippen molar-refractivity contribution in [3.63, 3.8) is 0 Å². The minimum atomic E-state index is -5.90. The van der Waals surface area contributed by atoms with E-state index < -0.39 is 41.9 Å². The fourth-order valence-electron chi connectivity index (χ4n) is 2.06. The van der Waals surface area contributed by atoms with Crippen LogP contribution in [-0.4, -0.2) is 44.3 Å². The minimum Gasteiger partial charge on any atom is -0.478 e. The van der Waals surface area contributed by atoms with Gasteiger partial charge in [0.25, 0.3) is 6.17 Å². The lowest BCUT2D eigenvalue weighted by Crippen LogP contribution is -2.45. The summed E-state index contributed by atoms with van der Waals surface area (Å²) >= 11 is 0. The first kappa shape index (κ1) is 20.5. The first-order chi connectivity index (χ1) is 12.2. The number of alkyl halides is 6. The Labute approximate surface area is 146 Å². The van der Waals surface area contributed by atoms with E-state index in [0.717, 1.165) is 19.1 Å². The first-order valence-corrected chi connectivity index (χ1v) is 6.99. The van der Waals surface area contributed by atoms with E-state index >= 15 is 0 Å². The number of carbonyl (C=O) groups is 1. The molecular weight excluding hydrogens is 391 g/mol. The number of aromatic nitrogens is 3. The van der Waals surface area contributed by atoms with Crippen LogP contribution in [0.1, 0.15) is 21.7 Å². The molecule has 1 atom stereocenters. The zero-order chi connectivity index (χ0) is 20.7. The van der Waals surface area contributed by atoms with E-state index in [1.807, 2.05) is 0 Å². The molecule has 0 aliphatic heterocycles. The summed E-state index contributed by atoms with van der Waals surface area (Å²) < 4.78 is 94.1. The molecule has 1 unspecified atom stereocenters. The van der Waals surface area contributed by atoms with Gasteiger partial charge in [-0.25, -0.2) is 18.3 Å². The summed E-state index contributed by atoms with van der Waals surface area (Å²) in [5, 5.41) is 12.3. The summed E-state index contributed by atoms with van der Waals surface area (Å²) in [6.07, 6.45) is -15.9. The molecule has 0 saturated heterocycles. The molecule has 1 N–H and O–H groups in total. The number of benzene rings is 1. The molecule has 2 aromatic rings. The highest BCUT2D eigenvalue weighted by Gasteiger charge is 2.59. The van der Waals surface area contributed by atoms with Crippen LogP contribution in [-0.2, 0) is 0 Å². The lowest BCUT2D eigenvalue weighted by atomic mass is 10.1. The SMILES string of the molecule is Cc1cc(F)c(-n2nc(OC(F)(F)C(F)C(F)(F)F)nc2C)cc1C(=O)O. The van der Waals surface area contributed by atoms with Gasteiger partial charge in [0.2, 0.25) is 0 Å². The number of rotatable bonds is 5. The molecule has 0 radical (unpaired) electrons. The van der Waals surface area contributed by atoms with Crippen LogP contribution in [0.2, 0.25) is 0 Å². The van der Waals surface area contributed by atoms with Gasteiger partial charge in [-0.05, 0) is 31.5 Å². The maximum Gasteiger partial charge on any atom is 0.441 e. The van der Waals surface area contributed by atoms with Gasteiger partial charge < -0.3 is 9.84 Å². The smallest absolute Gasteiger partial charge is 0.441 e. The number of ether oxygens (including phenoxy) is 1. The van der Waals surface area contributed by atoms with Crippen molar-refractivity contribution < 1.29 is 45.4 Å². The third-order valence-electron chi connectivity index (χ3n) is 3.31. The highest BCUT2D eigenvalue weighted by atomic mass is 19.4. The molecule has 148 valence electrons. The molecule has 0 saturated carbocycles. The topological polar surface area (TPSA) is 77.2 Å². The van der Waals surface area contributed by atoms with Crippen molar-refractivity contribution in [2.24, 2.45) is 0 Å². The maximum absolute atomic E-state index is 14.1. The Kier molecular flexibility index (Phi) is 5.08. The second kappa shape index (κ2) is 6.70. The Hall–Kier alpha value is -2.86. The number of aryl methyl sites for hydroxylation is 2. The molecule has 0 amide bonds. The average Bonchev–Trinajstić information content (AvgIpc) is 2.84. The van der Waals surface area contributed by atoms with Crippen molar-refractivity contribution in [3.05, 3.63) is 34.9 Å². The fourth-order valence-corrected chi connectivity index (χ4v) is 2.06. The van der Waals surface area contributed by atoms with E-state index in [0.29, 0.717) is 4.68 Å². The van der Waals surface area contributed by atoms with Gasteiger partial charge >= 0.3 is 24.3 Å². The minimum absolute atomic E-state index is 0.0509. The van der Waals surface area contributed by atoms with Crippen LogP contribution < -0.4 is 4.74 Å². The Balaban J connectivity index is 2.43. The number of hydrogen-bond acceptors (Lipinski definition) is 4.